The van der Waals surface area contributed by atoms with E-state index in [0.29, 0.717) is 65.1 Å². The Hall–Kier alpha value is -5.37. The number of nitrogens with one attached hydrogen (secondary N) is 2. The predicted octanol–water partition coefficient (Wildman–Crippen LogP) is 8.65. The smallest absolute Gasteiger partial charge is 0.370 e. The van der Waals surface area contributed by atoms with Crippen LogP contribution in [0.5, 0.6) is 0 Å². The van der Waals surface area contributed by atoms with Gasteiger partial charge in [0.05, 0.1) is 28.7 Å². The molecule has 2 aromatic heterocycles. The van der Waals surface area contributed by atoms with Gasteiger partial charge < -0.3 is 24.5 Å². The highest BCUT2D eigenvalue weighted by Crippen LogP contribution is 2.31. The molecule has 1 aliphatic rings. The minimum absolute atomic E-state index is 0.0257. The number of aromatic nitrogens is 4. The maximum Gasteiger partial charge on any atom is 0.411 e. The van der Waals surface area contributed by atoms with Crippen molar-refractivity contribution >= 4 is 51.1 Å². The second kappa shape index (κ2) is 18.0. The first kappa shape index (κ1) is 40.8. The van der Waals surface area contributed by atoms with Crippen LogP contribution in [0.25, 0.3) is 22.1 Å². The van der Waals surface area contributed by atoms with Crippen molar-refractivity contribution in [1.82, 2.24) is 29.7 Å². The van der Waals surface area contributed by atoms with E-state index in [9.17, 15) is 27.6 Å². The van der Waals surface area contributed by atoms with Crippen LogP contribution in [-0.4, -0.2) is 87.0 Å². The van der Waals surface area contributed by atoms with E-state index in [1.807, 2.05) is 42.5 Å². The number of imidazole rings is 2. The molecule has 0 radical (unpaired) electrons. The van der Waals surface area contributed by atoms with E-state index >= 15 is 0 Å². The van der Waals surface area contributed by atoms with Crippen molar-refractivity contribution in [2.75, 3.05) is 32.8 Å². The number of aromatic amines is 1. The molecule has 7 rings (SSSR count). The summed E-state index contributed by atoms with van der Waals surface area (Å²) in [6.45, 7) is 2.35. The highest BCUT2D eigenvalue weighted by Gasteiger charge is 2.33. The molecule has 0 aliphatic carbocycles. The molecule has 0 bridgehead atoms. The van der Waals surface area contributed by atoms with E-state index in [4.69, 9.17) is 16.3 Å². The van der Waals surface area contributed by atoms with E-state index < -0.39 is 18.6 Å². The van der Waals surface area contributed by atoms with E-state index in [2.05, 4.69) is 32.1 Å². The molecule has 302 valence electrons. The average Bonchev–Trinajstić information content (AvgIpc) is 3.84. The third-order valence-corrected chi connectivity index (χ3v) is 11.2. The Labute approximate surface area is 338 Å². The van der Waals surface area contributed by atoms with Gasteiger partial charge in [-0.05, 0) is 92.9 Å². The molecular weight excluding hydrogens is 769 g/mol. The number of H-pyrrole nitrogens is 1. The Morgan fingerprint density at radius 3 is 2.38 bits per heavy atom. The molecule has 0 spiro atoms. The molecule has 10 nitrogen and oxygen atoms in total. The number of ether oxygens (including phenoxy) is 1. The zero-order chi connectivity index (χ0) is 40.8. The van der Waals surface area contributed by atoms with Gasteiger partial charge in [0.2, 0.25) is 11.6 Å². The molecule has 1 saturated heterocycles. The van der Waals surface area contributed by atoms with Crippen LogP contribution >= 0.6 is 11.6 Å². The van der Waals surface area contributed by atoms with Gasteiger partial charge in [-0.2, -0.15) is 13.2 Å². The first-order valence-electron chi connectivity index (χ1n) is 19.5. The Morgan fingerprint density at radius 2 is 1.66 bits per heavy atom. The lowest BCUT2D eigenvalue weighted by Gasteiger charge is -2.38. The number of halogens is 4. The fraction of sp³-hybridized carbons (Fsp3) is 0.341. The summed E-state index contributed by atoms with van der Waals surface area (Å²) in [6, 6.07) is 29.2. The quantitative estimate of drug-likeness (QED) is 0.0741. The van der Waals surface area contributed by atoms with Crippen molar-refractivity contribution in [2.24, 2.45) is 5.92 Å². The van der Waals surface area contributed by atoms with Crippen LogP contribution < -0.4 is 5.32 Å². The molecule has 1 amide bonds. The third kappa shape index (κ3) is 9.49. The molecule has 58 heavy (non-hydrogen) atoms. The van der Waals surface area contributed by atoms with Gasteiger partial charge in [-0.1, -0.05) is 67.1 Å². The predicted molar refractivity (Wildman–Crippen MR) is 216 cm³/mol. The number of nitrogens with zero attached hydrogens (tertiary/aromatic N) is 4. The number of alkyl halides is 3. The van der Waals surface area contributed by atoms with E-state index in [1.165, 1.54) is 0 Å². The number of amides is 1. The number of para-hydroxylation sites is 3. The van der Waals surface area contributed by atoms with Crippen LogP contribution in [0.2, 0.25) is 5.02 Å². The van der Waals surface area contributed by atoms with Crippen molar-refractivity contribution in [3.63, 3.8) is 0 Å². The third-order valence-electron chi connectivity index (χ3n) is 10.9. The molecule has 1 aliphatic heterocycles. The lowest BCUT2D eigenvalue weighted by atomic mass is 9.87. The van der Waals surface area contributed by atoms with Crippen LogP contribution in [0.1, 0.15) is 81.2 Å². The first-order valence-corrected chi connectivity index (χ1v) is 19.9. The zero-order valence-corrected chi connectivity index (χ0v) is 32.7. The fourth-order valence-electron chi connectivity index (χ4n) is 7.87. The summed E-state index contributed by atoms with van der Waals surface area (Å²) in [5.74, 6) is -0.742. The number of hydrogen-bond acceptors (Lipinski definition) is 7. The summed E-state index contributed by atoms with van der Waals surface area (Å²) in [7, 11) is 0. The standard InChI is InChI=1S/C44H44ClF3N6O4/c1-2-33(25-31(28-15-17-32(45)18-16-28)26-49-43(57)30-9-4-3-5-10-30)53-21-19-29(20-22-53)39(55)41-50-36-13-8-11-34(38(36)52-41)40(56)42-51-35-12-6-7-14-37(35)54(42)23-24-58-27-44(46,47)48/h3-18,29,31,33H,2,19-27H2,1H3,(H,49,57)(H,50,52). The number of piperidine rings is 1. The number of likely N-dealkylation sites (tertiary alicyclic amines) is 1. The lowest BCUT2D eigenvalue weighted by Crippen LogP contribution is -2.44. The monoisotopic (exact) mass is 812 g/mol. The van der Waals surface area contributed by atoms with E-state index in [1.54, 1.807) is 59.2 Å². The van der Waals surface area contributed by atoms with Gasteiger partial charge in [0.15, 0.2) is 11.6 Å². The highest BCUT2D eigenvalue weighted by molar-refractivity contribution is 6.30. The first-order chi connectivity index (χ1) is 28.0. The molecule has 2 N–H and O–H groups in total. The van der Waals surface area contributed by atoms with Crippen molar-refractivity contribution < 1.29 is 32.3 Å². The summed E-state index contributed by atoms with van der Waals surface area (Å²) in [4.78, 5) is 55.8. The zero-order valence-electron chi connectivity index (χ0n) is 32.0. The van der Waals surface area contributed by atoms with Crippen LogP contribution in [0.4, 0.5) is 13.2 Å². The fourth-order valence-corrected chi connectivity index (χ4v) is 8.00. The van der Waals surface area contributed by atoms with Gasteiger partial charge in [-0.25, -0.2) is 9.97 Å². The van der Waals surface area contributed by atoms with Crippen molar-refractivity contribution in [3.8, 4) is 0 Å². The molecule has 14 heteroatoms. The maximum absolute atomic E-state index is 14.1. The summed E-state index contributed by atoms with van der Waals surface area (Å²) in [6.07, 6.45) is -1.50. The topological polar surface area (TPSA) is 122 Å². The largest absolute Gasteiger partial charge is 0.411 e. The van der Waals surface area contributed by atoms with Crippen molar-refractivity contribution in [3.05, 3.63) is 130 Å². The summed E-state index contributed by atoms with van der Waals surface area (Å²) >= 11 is 6.22. The number of Topliss-reactive ketones (excluding diaryl/α,β-unsaturated/α-hetero) is 1. The molecule has 2 atom stereocenters. The van der Waals surface area contributed by atoms with Gasteiger partial charge >= 0.3 is 6.18 Å². The molecule has 4 aromatic carbocycles. The number of hydrogen-bond donors (Lipinski definition) is 2. The second-order valence-electron chi connectivity index (χ2n) is 14.7. The molecule has 1 fully saturated rings. The van der Waals surface area contributed by atoms with E-state index in [-0.39, 0.29) is 59.9 Å². The van der Waals surface area contributed by atoms with Gasteiger partial charge in [-0.3, -0.25) is 14.4 Å². The van der Waals surface area contributed by atoms with E-state index in [0.717, 1.165) is 18.4 Å². The number of rotatable bonds is 16. The number of ketones is 2. The van der Waals surface area contributed by atoms with Crippen molar-refractivity contribution in [2.45, 2.75) is 57.3 Å². The lowest BCUT2D eigenvalue weighted by molar-refractivity contribution is -0.174. The SMILES string of the molecule is CCC(CC(CNC(=O)c1ccccc1)c1ccc(Cl)cc1)N1CCC(C(=O)c2nc3c(C(=O)c4nc5ccccc5n4CCOCC(F)(F)F)cccc3[nH]2)CC1. The van der Waals surface area contributed by atoms with Crippen LogP contribution in [0.3, 0.4) is 0 Å². The minimum atomic E-state index is -4.47. The average molecular weight is 813 g/mol. The van der Waals surface area contributed by atoms with Crippen LogP contribution in [0.15, 0.2) is 97.1 Å². The minimum Gasteiger partial charge on any atom is -0.370 e. The molecule has 6 aromatic rings. The second-order valence-corrected chi connectivity index (χ2v) is 15.1. The molecule has 2 unspecified atom stereocenters. The van der Waals surface area contributed by atoms with Gasteiger partial charge in [0.25, 0.3) is 5.91 Å². The van der Waals surface area contributed by atoms with Gasteiger partial charge in [0.1, 0.15) is 12.1 Å². The molecule has 0 saturated carbocycles. The van der Waals surface area contributed by atoms with Crippen LogP contribution in [0, 0.1) is 5.92 Å². The number of fused-ring (bicyclic) bond motifs is 2. The Bertz CT molecular complexity index is 2370. The number of benzene rings is 4. The Kier molecular flexibility index (Phi) is 12.7. The summed E-state index contributed by atoms with van der Waals surface area (Å²) < 4.78 is 44.6. The number of carbonyl (C=O) groups excluding carboxylic acids is 3. The normalized spacial score (nSPS) is 15.1. The molecular formula is C44H44ClF3N6O4. The maximum atomic E-state index is 14.1. The Morgan fingerprint density at radius 1 is 0.931 bits per heavy atom. The van der Waals surface area contributed by atoms with Crippen LogP contribution in [-0.2, 0) is 11.3 Å². The Balaban J connectivity index is 1.03. The summed E-state index contributed by atoms with van der Waals surface area (Å²) in [5, 5.41) is 3.78. The van der Waals surface area contributed by atoms with Crippen molar-refractivity contribution in [1.29, 1.82) is 0 Å². The van der Waals surface area contributed by atoms with Gasteiger partial charge in [-0.15, -0.1) is 0 Å². The van der Waals surface area contributed by atoms with Gasteiger partial charge in [0, 0.05) is 41.6 Å². The molecule has 3 heterocycles. The summed E-state index contributed by atoms with van der Waals surface area (Å²) in [5.41, 5.74) is 3.85. The highest BCUT2D eigenvalue weighted by atomic mass is 35.5. The number of carbonyl (C=O) groups is 3.